The summed E-state index contributed by atoms with van der Waals surface area (Å²) in [6, 6.07) is 16.8. The predicted octanol–water partition coefficient (Wildman–Crippen LogP) is 13.3. The molecule has 236 valence electrons. The van der Waals surface area contributed by atoms with Gasteiger partial charge in [-0.25, -0.2) is 5.57 Å². The third-order valence-corrected chi connectivity index (χ3v) is 4.16. The Morgan fingerprint density at radius 3 is 1.28 bits per heavy atom. The fraction of sp³-hybridized carbons (Fsp3) is 0.485. The average Bonchev–Trinajstić information content (AvgIpc) is 2.97. The average molecular weight is 891 g/mol. The summed E-state index contributed by atoms with van der Waals surface area (Å²) in [6.07, 6.45) is 14.7. The second-order valence-electron chi connectivity index (χ2n) is 7.24. The zero-order valence-electron chi connectivity index (χ0n) is 26.6. The van der Waals surface area contributed by atoms with Crippen LogP contribution in [0, 0.1) is 19.9 Å². The molecule has 0 aromatic heterocycles. The monoisotopic (exact) mass is 887 g/mol. The van der Waals surface area contributed by atoms with E-state index in [0.717, 1.165) is 12.8 Å². The van der Waals surface area contributed by atoms with Gasteiger partial charge in [-0.15, -0.1) is 24.3 Å². The fourth-order valence-electron chi connectivity index (χ4n) is 2.74. The van der Waals surface area contributed by atoms with Crippen molar-refractivity contribution in [3.8, 4) is 0 Å². The third-order valence-electron chi connectivity index (χ3n) is 4.16. The topological polar surface area (TPSA) is 0 Å². The molecule has 0 bridgehead atoms. The Labute approximate surface area is 291 Å². The van der Waals surface area contributed by atoms with Gasteiger partial charge >= 0.3 is 63.9 Å². The maximum atomic E-state index is 3.69. The Kier molecular flexibility index (Phi) is 65.4. The van der Waals surface area contributed by atoms with Gasteiger partial charge in [0, 0.05) is 5.57 Å². The van der Waals surface area contributed by atoms with E-state index in [1.165, 1.54) is 39.8 Å². The number of aryl methyl sites for hydroxylation is 2. The molecule has 0 heterocycles. The van der Waals surface area contributed by atoms with Crippen LogP contribution in [0.4, 0.5) is 0 Å². The van der Waals surface area contributed by atoms with Gasteiger partial charge in [0.1, 0.15) is 0 Å². The molecule has 0 atom stereocenters. The standard InChI is InChI=1S/C12H15.C12H14.C3H8.2C2H6S.C2H6.2Ag.2BrH/c2*1-4-11(5-2)12-9-7-6-8-10(12)3;3*1-3-2;1-2;;;;/h6-9H,4H2,1-3H3;6-9H,1,5H2,2-3H3;3H2,1-2H3;2*1-2H3;1-2H3;;;2*1H/q-1;;;;;;2*+1;;/p-2. The van der Waals surface area contributed by atoms with Gasteiger partial charge in [0.2, 0.25) is 0 Å². The van der Waals surface area contributed by atoms with E-state index in [1.54, 1.807) is 23.5 Å². The van der Waals surface area contributed by atoms with Crippen LogP contribution < -0.4 is 0 Å². The number of allylic oxidation sites excluding steroid dienone is 3. The molecule has 2 rings (SSSR count). The van der Waals surface area contributed by atoms with Crippen LogP contribution in [0.3, 0.4) is 0 Å². The minimum atomic E-state index is 0.994. The van der Waals surface area contributed by atoms with Crippen LogP contribution in [0.5, 0.6) is 0 Å². The first-order valence-electron chi connectivity index (χ1n) is 12.9. The van der Waals surface area contributed by atoms with Gasteiger partial charge in [0.25, 0.3) is 0 Å². The summed E-state index contributed by atoms with van der Waals surface area (Å²) >= 11 is 14.5. The molecule has 2 aromatic rings. The van der Waals surface area contributed by atoms with Gasteiger partial charge in [0.15, 0.2) is 0 Å². The van der Waals surface area contributed by atoms with Gasteiger partial charge in [-0.1, -0.05) is 110 Å². The van der Waals surface area contributed by atoms with Crippen molar-refractivity contribution in [1.82, 2.24) is 0 Å². The Hall–Kier alpha value is 0.841. The first-order chi connectivity index (χ1) is 18.8. The number of halogens is 2. The number of thioether (sulfide) groups is 2. The molecule has 0 spiro atoms. The fourth-order valence-corrected chi connectivity index (χ4v) is 2.74. The normalized spacial score (nSPS) is 8.33. The quantitative estimate of drug-likeness (QED) is 0.170. The van der Waals surface area contributed by atoms with Crippen molar-refractivity contribution in [2.45, 2.75) is 81.6 Å². The molecule has 6 heteroatoms. The van der Waals surface area contributed by atoms with Gasteiger partial charge in [-0.05, 0) is 49.5 Å². The maximum absolute atomic E-state index is 3.69. The molecule has 0 radical (unpaired) electrons. The van der Waals surface area contributed by atoms with Crippen LogP contribution in [0.15, 0.2) is 60.8 Å². The van der Waals surface area contributed by atoms with Crippen molar-refractivity contribution >= 4 is 60.7 Å². The summed E-state index contributed by atoms with van der Waals surface area (Å²) in [7, 11) is 0. The van der Waals surface area contributed by atoms with E-state index in [-0.39, 0.29) is 0 Å². The van der Waals surface area contributed by atoms with E-state index in [0.29, 0.717) is 0 Å². The van der Waals surface area contributed by atoms with Crippen LogP contribution in [-0.2, 0) is 37.9 Å². The molecule has 39 heavy (non-hydrogen) atoms. The van der Waals surface area contributed by atoms with E-state index >= 15 is 0 Å². The molecule has 0 N–H and O–H groups in total. The summed E-state index contributed by atoms with van der Waals surface area (Å²) in [4.78, 5) is 0. The molecule has 0 unspecified atom stereocenters. The van der Waals surface area contributed by atoms with E-state index < -0.39 is 0 Å². The van der Waals surface area contributed by atoms with E-state index in [9.17, 15) is 0 Å². The number of rotatable bonds is 4. The summed E-state index contributed by atoms with van der Waals surface area (Å²) in [5.41, 5.74) is 10.7. The van der Waals surface area contributed by atoms with Crippen molar-refractivity contribution in [3.05, 3.63) is 89.2 Å². The molecule has 2 aromatic carbocycles. The van der Waals surface area contributed by atoms with Crippen molar-refractivity contribution in [3.63, 3.8) is 0 Å². The zero-order chi connectivity index (χ0) is 32.1. The summed E-state index contributed by atoms with van der Waals surface area (Å²) < 4.78 is 0. The molecule has 0 aliphatic carbocycles. The molecule has 0 saturated heterocycles. The van der Waals surface area contributed by atoms with Crippen molar-refractivity contribution in [2.75, 3.05) is 25.0 Å². The van der Waals surface area contributed by atoms with Crippen LogP contribution >= 0.6 is 49.6 Å². The minimum absolute atomic E-state index is 0.994. The van der Waals surface area contributed by atoms with E-state index in [1.807, 2.05) is 45.8 Å². The number of benzene rings is 2. The van der Waals surface area contributed by atoms with Crippen LogP contribution in [0.25, 0.3) is 11.1 Å². The predicted molar refractivity (Wildman–Crippen MR) is 192 cm³/mol. The van der Waals surface area contributed by atoms with Crippen LogP contribution in [0.1, 0.15) is 90.0 Å². The Morgan fingerprint density at radius 2 is 1.05 bits per heavy atom. The number of hydrogen-bond donors (Lipinski definition) is 0. The Balaban J connectivity index is -0.0000000938. The number of hydrogen-bond acceptors (Lipinski definition) is 2. The molecular formula is C33H55Ag2Br2S2-. The molecular weight excluding hydrogens is 836 g/mol. The van der Waals surface area contributed by atoms with E-state index in [4.69, 9.17) is 0 Å². The second-order valence-corrected chi connectivity index (χ2v) is 8.88. The van der Waals surface area contributed by atoms with Crippen LogP contribution in [0.2, 0.25) is 0 Å². The van der Waals surface area contributed by atoms with E-state index in [2.05, 4.69) is 172 Å². The van der Waals surface area contributed by atoms with Gasteiger partial charge in [-0.3, -0.25) is 6.08 Å². The third kappa shape index (κ3) is 34.9. The van der Waals surface area contributed by atoms with Crippen molar-refractivity contribution in [1.29, 1.82) is 0 Å². The van der Waals surface area contributed by atoms with Gasteiger partial charge in [-0.2, -0.15) is 29.1 Å². The van der Waals surface area contributed by atoms with Crippen molar-refractivity contribution < 1.29 is 37.9 Å². The molecule has 0 nitrogen and oxygen atoms in total. The molecule has 0 aliphatic heterocycles. The molecule has 0 aliphatic rings. The van der Waals surface area contributed by atoms with Crippen molar-refractivity contribution in [2.24, 2.45) is 0 Å². The Morgan fingerprint density at radius 1 is 0.744 bits per heavy atom. The van der Waals surface area contributed by atoms with Crippen LogP contribution in [-0.4, -0.2) is 25.0 Å². The Bertz CT molecular complexity index is 799. The SMILES string of the molecule is C=C=C(CC)c1ccccc1C.CC.CCC.CSC.CSC.C[C-]=C(CC)c1ccccc1C.[Br][Ag].[Br][Ag]. The molecule has 0 amide bonds. The first kappa shape index (κ1) is 52.5. The summed E-state index contributed by atoms with van der Waals surface area (Å²) in [5.74, 6) is 0. The van der Waals surface area contributed by atoms with Gasteiger partial charge in [0.05, 0.1) is 0 Å². The molecule has 0 saturated carbocycles. The summed E-state index contributed by atoms with van der Waals surface area (Å²) in [5, 5.41) is 0. The van der Waals surface area contributed by atoms with Gasteiger partial charge < -0.3 is 0 Å². The molecule has 0 fully saturated rings. The zero-order valence-corrected chi connectivity index (χ0v) is 34.4. The second kappa shape index (κ2) is 48.6. The first-order valence-corrected chi connectivity index (χ1v) is 22.9. The summed E-state index contributed by atoms with van der Waals surface area (Å²) in [6.45, 7) is 22.5.